The number of ketones is 1. The molecule has 0 N–H and O–H groups in total. The van der Waals surface area contributed by atoms with Crippen molar-refractivity contribution in [1.82, 2.24) is 4.90 Å². The van der Waals surface area contributed by atoms with E-state index in [-0.39, 0.29) is 35.3 Å². The number of rotatable bonds is 4. The Balaban J connectivity index is 2.33. The number of piperidine rings is 1. The van der Waals surface area contributed by atoms with Gasteiger partial charge in [0, 0.05) is 32.0 Å². The molecule has 1 aromatic carbocycles. The minimum Gasteiger partial charge on any atom is -0.487 e. The van der Waals surface area contributed by atoms with E-state index < -0.39 is 4.92 Å². The molecule has 1 saturated heterocycles. The topological polar surface area (TPSA) is 89.8 Å². The summed E-state index contributed by atoms with van der Waals surface area (Å²) in [6.07, 6.45) is 0.648. The van der Waals surface area contributed by atoms with Gasteiger partial charge in [0.2, 0.25) is 5.75 Å². The Kier molecular flexibility index (Phi) is 4.52. The Morgan fingerprint density at radius 1 is 1.38 bits per heavy atom. The number of carbonyl (C=O) groups excluding carboxylic acids is 2. The van der Waals surface area contributed by atoms with Crippen molar-refractivity contribution in [3.8, 4) is 5.75 Å². The van der Waals surface area contributed by atoms with Crippen LogP contribution in [0.3, 0.4) is 0 Å². The number of likely N-dealkylation sites (tertiary alicyclic amines) is 1. The number of hydrogen-bond acceptors (Lipinski definition) is 5. The van der Waals surface area contributed by atoms with E-state index in [1.54, 1.807) is 6.92 Å². The molecule has 7 heteroatoms. The van der Waals surface area contributed by atoms with E-state index >= 15 is 0 Å². The Morgan fingerprint density at radius 3 is 2.62 bits per heavy atom. The second-order valence-corrected chi connectivity index (χ2v) is 4.67. The molecule has 7 nitrogen and oxygen atoms in total. The first-order valence-electron chi connectivity index (χ1n) is 6.75. The fourth-order valence-corrected chi connectivity index (χ4v) is 2.26. The van der Waals surface area contributed by atoms with Gasteiger partial charge in [0.1, 0.15) is 5.78 Å². The van der Waals surface area contributed by atoms with Gasteiger partial charge in [-0.05, 0) is 13.0 Å². The van der Waals surface area contributed by atoms with Crippen LogP contribution in [0, 0.1) is 10.1 Å². The van der Waals surface area contributed by atoms with Crippen molar-refractivity contribution in [1.29, 1.82) is 0 Å². The summed E-state index contributed by atoms with van der Waals surface area (Å²) in [6.45, 7) is 2.60. The van der Waals surface area contributed by atoms with Crippen molar-refractivity contribution in [3.63, 3.8) is 0 Å². The standard InChI is InChI=1S/C14H16N2O5/c1-2-21-13-11(4-3-5-12(13)16(19)20)14(18)15-8-6-10(17)7-9-15/h3-5H,2,6-9H2,1H3. The van der Waals surface area contributed by atoms with Crippen molar-refractivity contribution in [2.45, 2.75) is 19.8 Å². The highest BCUT2D eigenvalue weighted by Crippen LogP contribution is 2.32. The van der Waals surface area contributed by atoms with E-state index in [0.29, 0.717) is 25.9 Å². The van der Waals surface area contributed by atoms with Crippen LogP contribution in [0.2, 0.25) is 0 Å². The number of para-hydroxylation sites is 1. The third-order valence-corrected chi connectivity index (χ3v) is 3.32. The van der Waals surface area contributed by atoms with Crippen LogP contribution < -0.4 is 4.74 Å². The lowest BCUT2D eigenvalue weighted by atomic mass is 10.1. The minimum atomic E-state index is -0.568. The van der Waals surface area contributed by atoms with Gasteiger partial charge in [0.05, 0.1) is 17.1 Å². The minimum absolute atomic E-state index is 0.00750. The quantitative estimate of drug-likeness (QED) is 0.623. The fourth-order valence-electron chi connectivity index (χ4n) is 2.26. The zero-order valence-electron chi connectivity index (χ0n) is 11.7. The Morgan fingerprint density at radius 2 is 2.05 bits per heavy atom. The summed E-state index contributed by atoms with van der Waals surface area (Å²) in [4.78, 5) is 35.7. The van der Waals surface area contributed by atoms with Crippen molar-refractivity contribution in [2.24, 2.45) is 0 Å². The van der Waals surface area contributed by atoms with Crippen LogP contribution in [0.1, 0.15) is 30.1 Å². The van der Waals surface area contributed by atoms with Gasteiger partial charge in [-0.15, -0.1) is 0 Å². The van der Waals surface area contributed by atoms with E-state index in [1.165, 1.54) is 23.1 Å². The SMILES string of the molecule is CCOc1c(C(=O)N2CCC(=O)CC2)cccc1[N+](=O)[O-]. The molecule has 1 aliphatic rings. The molecule has 0 radical (unpaired) electrons. The molecule has 21 heavy (non-hydrogen) atoms. The Labute approximate surface area is 121 Å². The molecule has 0 bridgehead atoms. The van der Waals surface area contributed by atoms with Crippen LogP contribution in [-0.2, 0) is 4.79 Å². The van der Waals surface area contributed by atoms with Crippen LogP contribution in [0.5, 0.6) is 5.75 Å². The lowest BCUT2D eigenvalue weighted by Crippen LogP contribution is -2.38. The Bertz CT molecular complexity index is 575. The molecule has 0 atom stereocenters. The highest BCUT2D eigenvalue weighted by molar-refractivity contribution is 5.99. The number of nitro benzene ring substituents is 1. The highest BCUT2D eigenvalue weighted by Gasteiger charge is 2.28. The van der Waals surface area contributed by atoms with Crippen molar-refractivity contribution in [2.75, 3.05) is 19.7 Å². The first kappa shape index (κ1) is 15.0. The Hall–Kier alpha value is -2.44. The second-order valence-electron chi connectivity index (χ2n) is 4.67. The number of benzene rings is 1. The molecule has 1 heterocycles. The molecule has 0 spiro atoms. The van der Waals surface area contributed by atoms with Gasteiger partial charge < -0.3 is 9.64 Å². The van der Waals surface area contributed by atoms with E-state index in [2.05, 4.69) is 0 Å². The number of nitrogens with zero attached hydrogens (tertiary/aromatic N) is 2. The molecule has 0 saturated carbocycles. The summed E-state index contributed by atoms with van der Waals surface area (Å²) in [5, 5.41) is 11.0. The second kappa shape index (κ2) is 6.34. The van der Waals surface area contributed by atoms with E-state index in [4.69, 9.17) is 4.74 Å². The average molecular weight is 292 g/mol. The first-order chi connectivity index (χ1) is 10.0. The summed E-state index contributed by atoms with van der Waals surface area (Å²) in [6, 6.07) is 4.28. The molecule has 0 aromatic heterocycles. The summed E-state index contributed by atoms with van der Waals surface area (Å²) < 4.78 is 5.31. The largest absolute Gasteiger partial charge is 0.487 e. The maximum atomic E-state index is 12.5. The van der Waals surface area contributed by atoms with Crippen molar-refractivity contribution >= 4 is 17.4 Å². The predicted octanol–water partition coefficient (Wildman–Crippen LogP) is 1.80. The molecule has 112 valence electrons. The van der Waals surface area contributed by atoms with E-state index in [0.717, 1.165) is 0 Å². The van der Waals surface area contributed by atoms with Crippen molar-refractivity contribution in [3.05, 3.63) is 33.9 Å². The van der Waals surface area contributed by atoms with Gasteiger partial charge in [0.15, 0.2) is 0 Å². The summed E-state index contributed by atoms with van der Waals surface area (Å²) in [5.74, 6) is -0.218. The number of amides is 1. The molecule has 1 fully saturated rings. The smallest absolute Gasteiger partial charge is 0.311 e. The maximum Gasteiger partial charge on any atom is 0.311 e. The summed E-state index contributed by atoms with van der Waals surface area (Å²) in [5.41, 5.74) is -0.0591. The molecule has 1 amide bonds. The fraction of sp³-hybridized carbons (Fsp3) is 0.429. The van der Waals surface area contributed by atoms with Gasteiger partial charge in [-0.25, -0.2) is 0 Å². The number of ether oxygens (including phenoxy) is 1. The van der Waals surface area contributed by atoms with Gasteiger partial charge in [0.25, 0.3) is 5.91 Å². The summed E-state index contributed by atoms with van der Waals surface area (Å²) in [7, 11) is 0. The molecule has 0 unspecified atom stereocenters. The highest BCUT2D eigenvalue weighted by atomic mass is 16.6. The first-order valence-corrected chi connectivity index (χ1v) is 6.75. The third kappa shape index (κ3) is 3.18. The van der Waals surface area contributed by atoms with Crippen LogP contribution in [0.4, 0.5) is 5.69 Å². The number of carbonyl (C=O) groups is 2. The van der Waals surface area contributed by atoms with Gasteiger partial charge in [-0.1, -0.05) is 6.07 Å². The zero-order valence-corrected chi connectivity index (χ0v) is 11.7. The van der Waals surface area contributed by atoms with Crippen LogP contribution in [0.25, 0.3) is 0 Å². The molecular formula is C14H16N2O5. The molecular weight excluding hydrogens is 276 g/mol. The lowest BCUT2D eigenvalue weighted by molar-refractivity contribution is -0.385. The van der Waals surface area contributed by atoms with E-state index in [1.807, 2.05) is 0 Å². The normalized spacial score (nSPS) is 14.9. The van der Waals surface area contributed by atoms with Gasteiger partial charge in [-0.2, -0.15) is 0 Å². The number of nitro groups is 1. The van der Waals surface area contributed by atoms with Gasteiger partial charge in [-0.3, -0.25) is 19.7 Å². The monoisotopic (exact) mass is 292 g/mol. The molecule has 1 aromatic rings. The third-order valence-electron chi connectivity index (χ3n) is 3.32. The number of hydrogen-bond donors (Lipinski definition) is 0. The molecule has 2 rings (SSSR count). The maximum absolute atomic E-state index is 12.5. The van der Waals surface area contributed by atoms with Gasteiger partial charge >= 0.3 is 5.69 Å². The van der Waals surface area contributed by atoms with Crippen LogP contribution >= 0.6 is 0 Å². The lowest BCUT2D eigenvalue weighted by Gasteiger charge is -2.26. The van der Waals surface area contributed by atoms with Crippen molar-refractivity contribution < 1.29 is 19.2 Å². The van der Waals surface area contributed by atoms with E-state index in [9.17, 15) is 19.7 Å². The molecule has 1 aliphatic heterocycles. The number of Topliss-reactive ketones (excluding diaryl/α,β-unsaturated/α-hetero) is 1. The van der Waals surface area contributed by atoms with Crippen LogP contribution in [0.15, 0.2) is 18.2 Å². The van der Waals surface area contributed by atoms with Crippen LogP contribution in [-0.4, -0.2) is 41.2 Å². The molecule has 0 aliphatic carbocycles. The average Bonchev–Trinajstić information content (AvgIpc) is 2.47. The zero-order chi connectivity index (χ0) is 15.4. The predicted molar refractivity (Wildman–Crippen MR) is 74.4 cm³/mol. The summed E-state index contributed by atoms with van der Waals surface area (Å²) >= 11 is 0.